The molecule has 2 rings (SSSR count). The third-order valence-electron chi connectivity index (χ3n) is 3.92. The Bertz CT molecular complexity index is 333. The molecule has 1 saturated heterocycles. The lowest BCUT2D eigenvalue weighted by atomic mass is 9.75. The average Bonchev–Trinajstić information content (AvgIpc) is 2.63. The van der Waals surface area contributed by atoms with Gasteiger partial charge in [-0.3, -0.25) is 4.68 Å². The molecule has 0 aromatic carbocycles. The van der Waals surface area contributed by atoms with Crippen molar-refractivity contribution in [3.63, 3.8) is 0 Å². The number of hydrogen-bond donors (Lipinski definition) is 1. The van der Waals surface area contributed by atoms with Crippen molar-refractivity contribution in [2.45, 2.75) is 33.2 Å². The molecular formula is C12H22N4. The van der Waals surface area contributed by atoms with Gasteiger partial charge in [0, 0.05) is 25.8 Å². The van der Waals surface area contributed by atoms with E-state index in [9.17, 15) is 0 Å². The van der Waals surface area contributed by atoms with Crippen molar-refractivity contribution in [1.29, 1.82) is 0 Å². The highest BCUT2D eigenvalue weighted by Crippen LogP contribution is 2.36. The molecule has 0 radical (unpaired) electrons. The second kappa shape index (κ2) is 4.45. The minimum Gasteiger partial charge on any atom is -0.396 e. The van der Waals surface area contributed by atoms with Crippen molar-refractivity contribution in [3.05, 3.63) is 12.4 Å². The molecule has 0 unspecified atom stereocenters. The van der Waals surface area contributed by atoms with Gasteiger partial charge in [0.05, 0.1) is 18.4 Å². The third kappa shape index (κ3) is 2.21. The van der Waals surface area contributed by atoms with Gasteiger partial charge in [-0.15, -0.1) is 0 Å². The van der Waals surface area contributed by atoms with Crippen molar-refractivity contribution in [3.8, 4) is 0 Å². The van der Waals surface area contributed by atoms with Gasteiger partial charge >= 0.3 is 0 Å². The molecule has 16 heavy (non-hydrogen) atoms. The molecule has 4 heteroatoms. The summed E-state index contributed by atoms with van der Waals surface area (Å²) in [6.45, 7) is 9.13. The SMILES string of the molecule is CCC1(CC)CN(CCn2cc(N)cn2)C1. The number of nitrogens with two attached hydrogens (primary N) is 1. The van der Waals surface area contributed by atoms with Crippen LogP contribution in [0, 0.1) is 5.41 Å². The maximum absolute atomic E-state index is 5.62. The lowest BCUT2D eigenvalue weighted by Crippen LogP contribution is -2.56. The summed E-state index contributed by atoms with van der Waals surface area (Å²) in [7, 11) is 0. The molecule has 1 fully saturated rings. The van der Waals surface area contributed by atoms with Crippen LogP contribution in [0.3, 0.4) is 0 Å². The van der Waals surface area contributed by atoms with Gasteiger partial charge in [-0.2, -0.15) is 5.10 Å². The molecule has 2 heterocycles. The zero-order chi connectivity index (χ0) is 11.6. The van der Waals surface area contributed by atoms with Crippen LogP contribution in [0.15, 0.2) is 12.4 Å². The zero-order valence-electron chi connectivity index (χ0n) is 10.3. The first-order chi connectivity index (χ1) is 7.67. The standard InChI is InChI=1S/C12H22N4/c1-3-12(4-2)9-15(10-12)5-6-16-8-11(13)7-14-16/h7-8H,3-6,9-10,13H2,1-2H3. The fraction of sp³-hybridized carbons (Fsp3) is 0.750. The summed E-state index contributed by atoms with van der Waals surface area (Å²) in [6, 6.07) is 0. The highest BCUT2D eigenvalue weighted by molar-refractivity contribution is 5.30. The van der Waals surface area contributed by atoms with Crippen LogP contribution in [0.5, 0.6) is 0 Å². The van der Waals surface area contributed by atoms with Crippen LogP contribution in [0.4, 0.5) is 5.69 Å². The quantitative estimate of drug-likeness (QED) is 0.823. The van der Waals surface area contributed by atoms with Crippen molar-refractivity contribution >= 4 is 5.69 Å². The smallest absolute Gasteiger partial charge is 0.0719 e. The highest BCUT2D eigenvalue weighted by atomic mass is 15.3. The summed E-state index contributed by atoms with van der Waals surface area (Å²) in [6.07, 6.45) is 6.20. The normalized spacial score (nSPS) is 19.6. The Morgan fingerprint density at radius 2 is 2.00 bits per heavy atom. The van der Waals surface area contributed by atoms with E-state index in [1.165, 1.54) is 25.9 Å². The predicted molar refractivity (Wildman–Crippen MR) is 66.1 cm³/mol. The van der Waals surface area contributed by atoms with E-state index in [0.29, 0.717) is 5.41 Å². The van der Waals surface area contributed by atoms with Crippen LogP contribution in [-0.4, -0.2) is 34.3 Å². The van der Waals surface area contributed by atoms with E-state index in [-0.39, 0.29) is 0 Å². The molecule has 1 aliphatic heterocycles. The molecule has 0 bridgehead atoms. The van der Waals surface area contributed by atoms with E-state index in [1.807, 2.05) is 10.9 Å². The van der Waals surface area contributed by atoms with E-state index < -0.39 is 0 Å². The van der Waals surface area contributed by atoms with Gasteiger partial charge in [0.2, 0.25) is 0 Å². The minimum absolute atomic E-state index is 0.600. The highest BCUT2D eigenvalue weighted by Gasteiger charge is 2.39. The first-order valence-corrected chi connectivity index (χ1v) is 6.18. The molecular weight excluding hydrogens is 200 g/mol. The summed E-state index contributed by atoms with van der Waals surface area (Å²) in [5.74, 6) is 0. The van der Waals surface area contributed by atoms with Crippen molar-refractivity contribution in [2.24, 2.45) is 5.41 Å². The van der Waals surface area contributed by atoms with Crippen molar-refractivity contribution in [1.82, 2.24) is 14.7 Å². The number of anilines is 1. The minimum atomic E-state index is 0.600. The Morgan fingerprint density at radius 1 is 1.31 bits per heavy atom. The van der Waals surface area contributed by atoms with E-state index in [0.717, 1.165) is 18.8 Å². The van der Waals surface area contributed by atoms with E-state index in [1.54, 1.807) is 6.20 Å². The van der Waals surface area contributed by atoms with E-state index in [2.05, 4.69) is 23.8 Å². The van der Waals surface area contributed by atoms with E-state index >= 15 is 0 Å². The Balaban J connectivity index is 1.74. The Morgan fingerprint density at radius 3 is 2.50 bits per heavy atom. The van der Waals surface area contributed by atoms with Crippen LogP contribution in [-0.2, 0) is 6.54 Å². The van der Waals surface area contributed by atoms with Gasteiger partial charge in [0.25, 0.3) is 0 Å². The molecule has 0 spiro atoms. The van der Waals surface area contributed by atoms with Crippen molar-refractivity contribution in [2.75, 3.05) is 25.4 Å². The monoisotopic (exact) mass is 222 g/mol. The molecule has 90 valence electrons. The second-order valence-corrected chi connectivity index (χ2v) is 4.95. The summed E-state index contributed by atoms with van der Waals surface area (Å²) in [5, 5.41) is 4.19. The van der Waals surface area contributed by atoms with Crippen LogP contribution in [0.25, 0.3) is 0 Å². The molecule has 1 aromatic heterocycles. The number of nitrogen functional groups attached to an aromatic ring is 1. The average molecular weight is 222 g/mol. The molecule has 0 atom stereocenters. The van der Waals surface area contributed by atoms with Crippen LogP contribution < -0.4 is 5.73 Å². The van der Waals surface area contributed by atoms with Gasteiger partial charge in [-0.25, -0.2) is 0 Å². The number of hydrogen-bond acceptors (Lipinski definition) is 3. The first kappa shape index (κ1) is 11.5. The maximum Gasteiger partial charge on any atom is 0.0719 e. The molecule has 0 saturated carbocycles. The van der Waals surface area contributed by atoms with Crippen LogP contribution >= 0.6 is 0 Å². The lowest BCUT2D eigenvalue weighted by Gasteiger charge is -2.50. The molecule has 2 N–H and O–H groups in total. The molecule has 1 aliphatic rings. The number of aromatic nitrogens is 2. The Hall–Kier alpha value is -1.03. The molecule has 0 amide bonds. The summed E-state index contributed by atoms with van der Waals surface area (Å²) in [5.41, 5.74) is 6.97. The van der Waals surface area contributed by atoms with Gasteiger partial charge in [0.1, 0.15) is 0 Å². The molecule has 0 aliphatic carbocycles. The fourth-order valence-corrected chi connectivity index (χ4v) is 2.50. The third-order valence-corrected chi connectivity index (χ3v) is 3.92. The predicted octanol–water partition coefficient (Wildman–Crippen LogP) is 1.59. The summed E-state index contributed by atoms with van der Waals surface area (Å²) < 4.78 is 1.92. The Kier molecular flexibility index (Phi) is 3.19. The van der Waals surface area contributed by atoms with Crippen LogP contribution in [0.2, 0.25) is 0 Å². The first-order valence-electron chi connectivity index (χ1n) is 6.18. The topological polar surface area (TPSA) is 47.1 Å². The van der Waals surface area contributed by atoms with Gasteiger partial charge in [-0.05, 0) is 18.3 Å². The van der Waals surface area contributed by atoms with Crippen LogP contribution in [0.1, 0.15) is 26.7 Å². The van der Waals surface area contributed by atoms with Gasteiger partial charge in [0.15, 0.2) is 0 Å². The number of nitrogens with zero attached hydrogens (tertiary/aromatic N) is 3. The van der Waals surface area contributed by atoms with Crippen molar-refractivity contribution < 1.29 is 0 Å². The zero-order valence-corrected chi connectivity index (χ0v) is 10.3. The van der Waals surface area contributed by atoms with E-state index in [4.69, 9.17) is 5.73 Å². The van der Waals surface area contributed by atoms with Gasteiger partial charge in [-0.1, -0.05) is 13.8 Å². The summed E-state index contributed by atoms with van der Waals surface area (Å²) in [4.78, 5) is 2.50. The number of rotatable bonds is 5. The maximum atomic E-state index is 5.62. The Labute approximate surface area is 97.4 Å². The second-order valence-electron chi connectivity index (χ2n) is 4.95. The van der Waals surface area contributed by atoms with Gasteiger partial charge < -0.3 is 10.6 Å². The molecule has 4 nitrogen and oxygen atoms in total. The largest absolute Gasteiger partial charge is 0.396 e. The summed E-state index contributed by atoms with van der Waals surface area (Å²) >= 11 is 0. The molecule has 1 aromatic rings. The lowest BCUT2D eigenvalue weighted by molar-refractivity contribution is -0.00835. The number of likely N-dealkylation sites (tertiary alicyclic amines) is 1. The fourth-order valence-electron chi connectivity index (χ4n) is 2.50.